The van der Waals surface area contributed by atoms with Crippen LogP contribution in [0.5, 0.6) is 11.5 Å². The quantitative estimate of drug-likeness (QED) is 0.907. The smallest absolute Gasteiger partial charge is 0.318 e. The zero-order valence-electron chi connectivity index (χ0n) is 15.0. The third-order valence-corrected chi connectivity index (χ3v) is 4.99. The van der Waals surface area contributed by atoms with Crippen molar-refractivity contribution in [1.29, 1.82) is 5.26 Å². The number of fused-ring (bicyclic) bond motifs is 1. The number of benzene rings is 2. The van der Waals surface area contributed by atoms with E-state index in [9.17, 15) is 4.79 Å². The molecule has 1 saturated heterocycles. The number of nitrogens with one attached hydrogen (secondary N) is 1. The van der Waals surface area contributed by atoms with Gasteiger partial charge < -0.3 is 19.7 Å². The minimum absolute atomic E-state index is 0.0433. The highest BCUT2D eigenvalue weighted by atomic mass is 16.6. The van der Waals surface area contributed by atoms with Gasteiger partial charge in [0.25, 0.3) is 0 Å². The molecule has 0 aromatic heterocycles. The predicted molar refractivity (Wildman–Crippen MR) is 99.5 cm³/mol. The standard InChI is InChI=1S/C21H21N3O3/c22-13-15-3-5-16(6-4-15)14-23-21(25)24-9-1-2-18(24)17-7-8-19-20(12-17)27-11-10-26-19/h3-8,12,18H,1-2,9-11,14H2,(H,23,25). The average Bonchev–Trinajstić information content (AvgIpc) is 3.22. The number of carbonyl (C=O) groups excluding carboxylic acids is 1. The second-order valence-electron chi connectivity index (χ2n) is 6.72. The summed E-state index contributed by atoms with van der Waals surface area (Å²) in [6.07, 6.45) is 1.91. The second kappa shape index (κ2) is 7.58. The first-order valence-corrected chi connectivity index (χ1v) is 9.17. The first-order chi connectivity index (χ1) is 13.2. The number of hydrogen-bond donors (Lipinski definition) is 1. The molecular weight excluding hydrogens is 342 g/mol. The lowest BCUT2D eigenvalue weighted by molar-refractivity contribution is 0.170. The maximum atomic E-state index is 12.7. The Morgan fingerprint density at radius 3 is 2.70 bits per heavy atom. The van der Waals surface area contributed by atoms with Gasteiger partial charge in [-0.05, 0) is 48.2 Å². The number of ether oxygens (including phenoxy) is 2. The molecule has 6 nitrogen and oxygen atoms in total. The van der Waals surface area contributed by atoms with E-state index in [2.05, 4.69) is 11.4 Å². The van der Waals surface area contributed by atoms with Crippen LogP contribution < -0.4 is 14.8 Å². The van der Waals surface area contributed by atoms with E-state index >= 15 is 0 Å². The van der Waals surface area contributed by atoms with Crippen molar-refractivity contribution in [2.24, 2.45) is 0 Å². The van der Waals surface area contributed by atoms with Crippen molar-refractivity contribution in [3.8, 4) is 17.6 Å². The molecule has 0 bridgehead atoms. The molecular formula is C21H21N3O3. The van der Waals surface area contributed by atoms with Gasteiger partial charge in [-0.15, -0.1) is 0 Å². The van der Waals surface area contributed by atoms with Gasteiger partial charge in [-0.25, -0.2) is 4.79 Å². The minimum atomic E-state index is -0.0725. The third-order valence-electron chi connectivity index (χ3n) is 4.99. The number of amides is 2. The maximum absolute atomic E-state index is 12.7. The molecule has 0 spiro atoms. The summed E-state index contributed by atoms with van der Waals surface area (Å²) in [4.78, 5) is 14.6. The summed E-state index contributed by atoms with van der Waals surface area (Å²) in [7, 11) is 0. The molecule has 2 aromatic carbocycles. The molecule has 2 aliphatic rings. The molecule has 27 heavy (non-hydrogen) atoms. The van der Waals surface area contributed by atoms with Crippen LogP contribution in [0, 0.1) is 11.3 Å². The van der Waals surface area contributed by atoms with Crippen LogP contribution >= 0.6 is 0 Å². The van der Waals surface area contributed by atoms with Crippen molar-refractivity contribution in [2.45, 2.75) is 25.4 Å². The lowest BCUT2D eigenvalue weighted by Crippen LogP contribution is -2.39. The summed E-state index contributed by atoms with van der Waals surface area (Å²) in [5.41, 5.74) is 2.66. The fourth-order valence-corrected chi connectivity index (χ4v) is 3.60. The van der Waals surface area contributed by atoms with Crippen molar-refractivity contribution < 1.29 is 14.3 Å². The fraction of sp³-hybridized carbons (Fsp3) is 0.333. The largest absolute Gasteiger partial charge is 0.486 e. The van der Waals surface area contributed by atoms with Gasteiger partial charge in [-0.1, -0.05) is 18.2 Å². The molecule has 1 N–H and O–H groups in total. The Kier molecular flexibility index (Phi) is 4.84. The highest BCUT2D eigenvalue weighted by Gasteiger charge is 2.30. The molecule has 6 heteroatoms. The molecule has 0 saturated carbocycles. The molecule has 138 valence electrons. The van der Waals surface area contributed by atoms with Gasteiger partial charge in [0.15, 0.2) is 11.5 Å². The lowest BCUT2D eigenvalue weighted by Gasteiger charge is -2.27. The van der Waals surface area contributed by atoms with Crippen LogP contribution in [-0.4, -0.2) is 30.7 Å². The first kappa shape index (κ1) is 17.2. The Labute approximate surface area is 158 Å². The van der Waals surface area contributed by atoms with E-state index in [0.717, 1.165) is 42.0 Å². The normalized spacial score (nSPS) is 18.0. The number of likely N-dealkylation sites (tertiary alicyclic amines) is 1. The van der Waals surface area contributed by atoms with Crippen LogP contribution in [0.25, 0.3) is 0 Å². The number of nitriles is 1. The highest BCUT2D eigenvalue weighted by molar-refractivity contribution is 5.75. The van der Waals surface area contributed by atoms with Gasteiger partial charge in [-0.3, -0.25) is 0 Å². The van der Waals surface area contributed by atoms with E-state index in [1.165, 1.54) is 0 Å². The van der Waals surface area contributed by atoms with Crippen molar-refractivity contribution in [3.63, 3.8) is 0 Å². The van der Waals surface area contributed by atoms with Crippen molar-refractivity contribution in [1.82, 2.24) is 10.2 Å². The topological polar surface area (TPSA) is 74.6 Å². The number of urea groups is 1. The van der Waals surface area contributed by atoms with E-state index in [-0.39, 0.29) is 12.1 Å². The molecule has 2 aromatic rings. The summed E-state index contributed by atoms with van der Waals surface area (Å²) < 4.78 is 11.3. The number of hydrogen-bond acceptors (Lipinski definition) is 4. The van der Waals surface area contributed by atoms with E-state index in [1.54, 1.807) is 12.1 Å². The summed E-state index contributed by atoms with van der Waals surface area (Å²) in [5, 5.41) is 11.8. The second-order valence-corrected chi connectivity index (χ2v) is 6.72. The van der Waals surface area contributed by atoms with E-state index < -0.39 is 0 Å². The fourth-order valence-electron chi connectivity index (χ4n) is 3.60. The van der Waals surface area contributed by atoms with E-state index in [1.807, 2.05) is 35.2 Å². The Morgan fingerprint density at radius 2 is 1.93 bits per heavy atom. The Balaban J connectivity index is 1.43. The van der Waals surface area contributed by atoms with Gasteiger partial charge in [0.05, 0.1) is 17.7 Å². The number of carbonyl (C=O) groups is 1. The van der Waals surface area contributed by atoms with Crippen LogP contribution in [0.1, 0.15) is 35.6 Å². The summed E-state index contributed by atoms with van der Waals surface area (Å²) in [5.74, 6) is 1.52. The van der Waals surface area contributed by atoms with Crippen LogP contribution in [0.15, 0.2) is 42.5 Å². The van der Waals surface area contributed by atoms with Crippen molar-refractivity contribution >= 4 is 6.03 Å². The summed E-state index contributed by atoms with van der Waals surface area (Å²) >= 11 is 0. The molecule has 4 rings (SSSR count). The molecule has 1 fully saturated rings. The predicted octanol–water partition coefficient (Wildman–Crippen LogP) is 3.38. The van der Waals surface area contributed by atoms with Gasteiger partial charge in [0.2, 0.25) is 0 Å². The van der Waals surface area contributed by atoms with Gasteiger partial charge in [0.1, 0.15) is 13.2 Å². The molecule has 2 aliphatic heterocycles. The Morgan fingerprint density at radius 1 is 1.15 bits per heavy atom. The number of rotatable bonds is 3. The molecule has 2 heterocycles. The SMILES string of the molecule is N#Cc1ccc(CNC(=O)N2CCCC2c2ccc3c(c2)OCCO3)cc1. The molecule has 1 unspecified atom stereocenters. The first-order valence-electron chi connectivity index (χ1n) is 9.17. The highest BCUT2D eigenvalue weighted by Crippen LogP contribution is 2.38. The zero-order chi connectivity index (χ0) is 18.6. The zero-order valence-corrected chi connectivity index (χ0v) is 15.0. The summed E-state index contributed by atoms with van der Waals surface area (Å²) in [6, 6.07) is 15.2. The Bertz CT molecular complexity index is 873. The van der Waals surface area contributed by atoms with Gasteiger partial charge in [-0.2, -0.15) is 5.26 Å². The third kappa shape index (κ3) is 3.68. The van der Waals surface area contributed by atoms with Crippen molar-refractivity contribution in [2.75, 3.05) is 19.8 Å². The summed E-state index contributed by atoms with van der Waals surface area (Å²) in [6.45, 7) is 2.29. The molecule has 0 radical (unpaired) electrons. The molecule has 2 amide bonds. The van der Waals surface area contributed by atoms with E-state index in [0.29, 0.717) is 25.3 Å². The number of nitrogens with zero attached hydrogens (tertiary/aromatic N) is 2. The lowest BCUT2D eigenvalue weighted by atomic mass is 10.0. The minimum Gasteiger partial charge on any atom is -0.486 e. The maximum Gasteiger partial charge on any atom is 0.318 e. The van der Waals surface area contributed by atoms with Crippen molar-refractivity contribution in [3.05, 3.63) is 59.2 Å². The molecule has 1 atom stereocenters. The van der Waals surface area contributed by atoms with Crippen LogP contribution in [-0.2, 0) is 6.54 Å². The Hall–Kier alpha value is -3.20. The molecule has 0 aliphatic carbocycles. The van der Waals surface area contributed by atoms with Crippen LogP contribution in [0.2, 0.25) is 0 Å². The van der Waals surface area contributed by atoms with Gasteiger partial charge >= 0.3 is 6.03 Å². The van der Waals surface area contributed by atoms with Crippen LogP contribution in [0.4, 0.5) is 4.79 Å². The average molecular weight is 363 g/mol. The van der Waals surface area contributed by atoms with Gasteiger partial charge in [0, 0.05) is 13.1 Å². The monoisotopic (exact) mass is 363 g/mol. The van der Waals surface area contributed by atoms with Crippen LogP contribution in [0.3, 0.4) is 0 Å². The van der Waals surface area contributed by atoms with E-state index in [4.69, 9.17) is 14.7 Å².